The Morgan fingerprint density at radius 2 is 0.935 bits per heavy atom. The molecule has 0 fully saturated rings. The standard InChI is InChI=1S/C40H42O4P.BrH/c1-31-38(42)35-27-18-19-28-36(35)39(43)40(31)44-37(41)29-17-6-4-2-3-5-7-20-30-45(32-21-11-8-12-22-32,33-23-13-9-14-24-33)34-25-15-10-16-26-34;/h8-16,18-19,21-28H,2-7,17,20,29-30H2,1H3;1H/q+1;/p-1. The first-order valence-corrected chi connectivity index (χ1v) is 18.1. The average Bonchev–Trinajstić information content (AvgIpc) is 3.09. The topological polar surface area (TPSA) is 60.4 Å². The molecule has 0 amide bonds. The molecule has 0 aromatic heterocycles. The van der Waals surface area contributed by atoms with Gasteiger partial charge in [-0.25, -0.2) is 0 Å². The van der Waals surface area contributed by atoms with E-state index < -0.39 is 19.0 Å². The van der Waals surface area contributed by atoms with Crippen LogP contribution in [-0.2, 0) is 9.53 Å². The largest absolute Gasteiger partial charge is 1.00 e. The van der Waals surface area contributed by atoms with Crippen LogP contribution in [0.2, 0.25) is 0 Å². The number of carbonyl (C=O) groups is 3. The van der Waals surface area contributed by atoms with E-state index in [-0.39, 0.29) is 40.5 Å². The van der Waals surface area contributed by atoms with Crippen molar-refractivity contribution < 1.29 is 36.1 Å². The summed E-state index contributed by atoms with van der Waals surface area (Å²) in [4.78, 5) is 37.9. The Morgan fingerprint density at radius 1 is 0.543 bits per heavy atom. The summed E-state index contributed by atoms with van der Waals surface area (Å²) in [5.74, 6) is -1.23. The third-order valence-electron chi connectivity index (χ3n) is 8.73. The van der Waals surface area contributed by atoms with Gasteiger partial charge in [-0.3, -0.25) is 14.4 Å². The molecule has 0 unspecified atom stereocenters. The van der Waals surface area contributed by atoms with Gasteiger partial charge in [-0.1, -0.05) is 111 Å². The van der Waals surface area contributed by atoms with Crippen molar-refractivity contribution in [1.82, 2.24) is 0 Å². The van der Waals surface area contributed by atoms with Crippen LogP contribution in [0.3, 0.4) is 0 Å². The number of allylic oxidation sites excluding steroid dienone is 2. The molecular formula is C40H42BrO4P. The van der Waals surface area contributed by atoms with Gasteiger partial charge in [0, 0.05) is 23.1 Å². The van der Waals surface area contributed by atoms with Gasteiger partial charge in [0.05, 0.1) is 6.16 Å². The number of halogens is 1. The maximum atomic E-state index is 12.8. The van der Waals surface area contributed by atoms with E-state index in [0.29, 0.717) is 17.5 Å². The van der Waals surface area contributed by atoms with Crippen molar-refractivity contribution in [1.29, 1.82) is 0 Å². The summed E-state index contributed by atoms with van der Waals surface area (Å²) >= 11 is 0. The van der Waals surface area contributed by atoms with Crippen LogP contribution in [0.15, 0.2) is 127 Å². The molecule has 5 rings (SSSR count). The molecular weight excluding hydrogens is 655 g/mol. The fourth-order valence-corrected chi connectivity index (χ4v) is 10.7. The Bertz CT molecular complexity index is 1540. The Hall–Kier alpha value is -3.66. The molecule has 4 aromatic carbocycles. The maximum Gasteiger partial charge on any atom is 0.311 e. The maximum absolute atomic E-state index is 12.8. The average molecular weight is 698 g/mol. The molecule has 0 saturated heterocycles. The number of ether oxygens (including phenoxy) is 1. The van der Waals surface area contributed by atoms with E-state index in [0.717, 1.165) is 25.4 Å². The second-order valence-electron chi connectivity index (χ2n) is 11.8. The third-order valence-corrected chi connectivity index (χ3v) is 13.3. The highest BCUT2D eigenvalue weighted by molar-refractivity contribution is 7.95. The monoisotopic (exact) mass is 696 g/mol. The van der Waals surface area contributed by atoms with E-state index in [4.69, 9.17) is 4.74 Å². The van der Waals surface area contributed by atoms with Crippen molar-refractivity contribution in [2.24, 2.45) is 0 Å². The molecule has 0 heterocycles. The van der Waals surface area contributed by atoms with E-state index in [1.807, 2.05) is 0 Å². The lowest BCUT2D eigenvalue weighted by Gasteiger charge is -2.27. The molecule has 0 spiro atoms. The van der Waals surface area contributed by atoms with E-state index in [1.54, 1.807) is 31.2 Å². The van der Waals surface area contributed by atoms with Crippen molar-refractivity contribution in [2.75, 3.05) is 6.16 Å². The molecule has 0 atom stereocenters. The summed E-state index contributed by atoms with van der Waals surface area (Å²) in [6, 6.07) is 39.9. The predicted octanol–water partition coefficient (Wildman–Crippen LogP) is 5.39. The van der Waals surface area contributed by atoms with Crippen LogP contribution in [0, 0.1) is 0 Å². The Balaban J connectivity index is 0.00000480. The van der Waals surface area contributed by atoms with Crippen LogP contribution in [0.1, 0.15) is 85.4 Å². The van der Waals surface area contributed by atoms with Crippen LogP contribution < -0.4 is 32.9 Å². The minimum Gasteiger partial charge on any atom is -1.00 e. The summed E-state index contributed by atoms with van der Waals surface area (Å²) < 4.78 is 5.41. The molecule has 238 valence electrons. The number of rotatable bonds is 15. The van der Waals surface area contributed by atoms with Crippen LogP contribution in [0.4, 0.5) is 0 Å². The van der Waals surface area contributed by atoms with Gasteiger partial charge in [0.25, 0.3) is 0 Å². The quantitative estimate of drug-likeness (QED) is 0.0951. The molecule has 1 aliphatic rings. The van der Waals surface area contributed by atoms with Gasteiger partial charge in [-0.05, 0) is 62.6 Å². The van der Waals surface area contributed by atoms with Gasteiger partial charge < -0.3 is 21.7 Å². The zero-order valence-electron chi connectivity index (χ0n) is 26.5. The minimum atomic E-state index is -1.76. The second-order valence-corrected chi connectivity index (χ2v) is 15.4. The zero-order valence-corrected chi connectivity index (χ0v) is 29.0. The molecule has 0 radical (unpaired) electrons. The van der Waals surface area contributed by atoms with Gasteiger partial charge >= 0.3 is 5.97 Å². The lowest BCUT2D eigenvalue weighted by molar-refractivity contribution is -0.139. The van der Waals surface area contributed by atoms with Crippen LogP contribution in [0.5, 0.6) is 0 Å². The fraction of sp³-hybridized carbons (Fsp3) is 0.275. The highest BCUT2D eigenvalue weighted by atomic mass is 79.9. The molecule has 0 bridgehead atoms. The fourth-order valence-electron chi connectivity index (χ4n) is 6.33. The number of ketones is 2. The van der Waals surface area contributed by atoms with Gasteiger partial charge in [0.2, 0.25) is 5.78 Å². The number of benzene rings is 4. The number of fused-ring (bicyclic) bond motifs is 1. The highest BCUT2D eigenvalue weighted by Crippen LogP contribution is 2.56. The van der Waals surface area contributed by atoms with Crippen LogP contribution >= 0.6 is 7.26 Å². The van der Waals surface area contributed by atoms with Gasteiger partial charge in [0.15, 0.2) is 11.5 Å². The van der Waals surface area contributed by atoms with Crippen LogP contribution in [-0.4, -0.2) is 23.7 Å². The van der Waals surface area contributed by atoms with Gasteiger partial charge in [-0.2, -0.15) is 0 Å². The van der Waals surface area contributed by atoms with Crippen molar-refractivity contribution in [2.45, 2.75) is 64.7 Å². The first-order chi connectivity index (χ1) is 22.0. The Labute approximate surface area is 284 Å². The number of esters is 1. The van der Waals surface area contributed by atoms with Crippen molar-refractivity contribution in [3.8, 4) is 0 Å². The van der Waals surface area contributed by atoms with E-state index in [2.05, 4.69) is 91.0 Å². The Kier molecular flexibility index (Phi) is 13.2. The summed E-state index contributed by atoms with van der Waals surface area (Å²) in [6.07, 6.45) is 10.0. The third kappa shape index (κ3) is 8.18. The minimum absolute atomic E-state index is 0. The highest BCUT2D eigenvalue weighted by Gasteiger charge is 2.44. The SMILES string of the molecule is CC1=C(OC(=O)CCCCCCCCCC[P+](c2ccccc2)(c2ccccc2)c2ccccc2)C(=O)c2ccccc2C1=O.[Br-]. The number of carbonyl (C=O) groups excluding carboxylic acids is 3. The molecule has 46 heavy (non-hydrogen) atoms. The van der Waals surface area contributed by atoms with Crippen molar-refractivity contribution in [3.63, 3.8) is 0 Å². The molecule has 4 nitrogen and oxygen atoms in total. The van der Waals surface area contributed by atoms with E-state index in [1.165, 1.54) is 41.6 Å². The normalized spacial score (nSPS) is 12.8. The summed E-state index contributed by atoms with van der Waals surface area (Å²) in [6.45, 7) is 1.55. The lowest BCUT2D eigenvalue weighted by atomic mass is 9.89. The van der Waals surface area contributed by atoms with E-state index >= 15 is 0 Å². The van der Waals surface area contributed by atoms with Gasteiger partial charge in [0.1, 0.15) is 23.2 Å². The van der Waals surface area contributed by atoms with Gasteiger partial charge in [-0.15, -0.1) is 0 Å². The summed E-state index contributed by atoms with van der Waals surface area (Å²) in [7, 11) is -1.76. The van der Waals surface area contributed by atoms with Crippen molar-refractivity contribution >= 4 is 40.7 Å². The first-order valence-electron chi connectivity index (χ1n) is 16.2. The predicted molar refractivity (Wildman–Crippen MR) is 185 cm³/mol. The molecule has 1 aliphatic carbocycles. The smallest absolute Gasteiger partial charge is 0.311 e. The zero-order chi connectivity index (χ0) is 31.5. The number of unbranched alkanes of at least 4 members (excludes halogenated alkanes) is 7. The first kappa shape index (κ1) is 35.2. The lowest BCUT2D eigenvalue weighted by Crippen LogP contribution is -3.00. The summed E-state index contributed by atoms with van der Waals surface area (Å²) in [5.41, 5.74) is 0.857. The molecule has 0 saturated carbocycles. The number of hydrogen-bond acceptors (Lipinski definition) is 4. The van der Waals surface area contributed by atoms with Crippen LogP contribution in [0.25, 0.3) is 0 Å². The molecule has 0 aliphatic heterocycles. The van der Waals surface area contributed by atoms with Crippen molar-refractivity contribution in [3.05, 3.63) is 138 Å². The molecule has 4 aromatic rings. The number of hydrogen-bond donors (Lipinski definition) is 0. The van der Waals surface area contributed by atoms with E-state index in [9.17, 15) is 14.4 Å². The summed E-state index contributed by atoms with van der Waals surface area (Å²) in [5, 5.41) is 4.32. The molecule has 0 N–H and O–H groups in total. The second kappa shape index (κ2) is 17.3. The Morgan fingerprint density at radius 3 is 1.41 bits per heavy atom. The number of Topliss-reactive ketones (excluding diaryl/α,β-unsaturated/α-hetero) is 2. The molecule has 6 heteroatoms.